The van der Waals surface area contributed by atoms with Crippen molar-refractivity contribution < 1.29 is 38.5 Å². The van der Waals surface area contributed by atoms with Crippen LogP contribution >= 0.6 is 12.0 Å². The van der Waals surface area contributed by atoms with Gasteiger partial charge in [-0.1, -0.05) is 102 Å². The molecule has 8 rings (SSSR count). The summed E-state index contributed by atoms with van der Waals surface area (Å²) in [6, 6.07) is 57.4. The van der Waals surface area contributed by atoms with Crippen molar-refractivity contribution in [2.75, 3.05) is 0 Å². The summed E-state index contributed by atoms with van der Waals surface area (Å²) < 4.78 is 16.7. The summed E-state index contributed by atoms with van der Waals surface area (Å²) in [5.74, 6) is 2.25. The monoisotopic (exact) mass is 848 g/mol. The van der Waals surface area contributed by atoms with Gasteiger partial charge in [-0.05, 0) is 145 Å². The first kappa shape index (κ1) is 42.3. The second kappa shape index (κ2) is 19.5. The van der Waals surface area contributed by atoms with Crippen LogP contribution in [0.5, 0.6) is 23.0 Å². The van der Waals surface area contributed by atoms with E-state index in [0.717, 1.165) is 46.3 Å². The maximum absolute atomic E-state index is 13.9. The molecule has 63 heavy (non-hydrogen) atoms. The van der Waals surface area contributed by atoms with E-state index >= 15 is 0 Å². The van der Waals surface area contributed by atoms with Crippen LogP contribution in [0.1, 0.15) is 70.0 Å². The highest BCUT2D eigenvalue weighted by Crippen LogP contribution is 2.31. The Morgan fingerprint density at radius 1 is 0.460 bits per heavy atom. The van der Waals surface area contributed by atoms with Crippen LogP contribution in [0.3, 0.4) is 0 Å². The van der Waals surface area contributed by atoms with Gasteiger partial charge in [-0.3, -0.25) is 14.4 Å². The molecule has 0 aliphatic heterocycles. The Kier molecular flexibility index (Phi) is 13.1. The summed E-state index contributed by atoms with van der Waals surface area (Å²) in [6.45, 7) is 3.80. The Balaban J connectivity index is 0.875. The molecule has 8 aromatic carbocycles. The fourth-order valence-electron chi connectivity index (χ4n) is 7.21. The van der Waals surface area contributed by atoms with Gasteiger partial charge in [-0.15, -0.1) is 4.33 Å². The number of hydrogen-bond donors (Lipinski definition) is 1. The summed E-state index contributed by atoms with van der Waals surface area (Å²) in [5.41, 5.74) is 8.65. The Morgan fingerprint density at radius 3 is 1.52 bits per heavy atom. The lowest BCUT2D eigenvalue weighted by molar-refractivity contribution is -0.432. The highest BCUT2D eigenvalue weighted by molar-refractivity contribution is 7.94. The largest absolute Gasteiger partial charge is 0.457 e. The van der Waals surface area contributed by atoms with Crippen molar-refractivity contribution >= 4 is 29.4 Å². The maximum Gasteiger partial charge on any atom is 0.193 e. The van der Waals surface area contributed by atoms with Crippen molar-refractivity contribution in [2.24, 2.45) is 0 Å². The third-order valence-corrected chi connectivity index (χ3v) is 11.1. The molecule has 9 heteroatoms. The molecular formula is C54H40O8S. The minimum atomic E-state index is -0.193. The molecule has 8 aromatic rings. The number of ketones is 3. The number of aryl methyl sites for hydroxylation is 2. The van der Waals surface area contributed by atoms with Crippen LogP contribution in [0.4, 0.5) is 0 Å². The molecule has 310 valence electrons. The average molecular weight is 849 g/mol. The number of carbonyl (C=O) groups is 3. The molecule has 0 unspecified atom stereocenters. The Bertz CT molecular complexity index is 2910. The molecule has 0 saturated heterocycles. The third kappa shape index (κ3) is 10.2. The lowest BCUT2D eigenvalue weighted by Crippen LogP contribution is -2.06. The van der Waals surface area contributed by atoms with Gasteiger partial charge in [0.25, 0.3) is 0 Å². The fraction of sp³-hybridized carbons (Fsp3) is 0.0556. The molecule has 0 spiro atoms. The Morgan fingerprint density at radius 2 is 0.952 bits per heavy atom. The van der Waals surface area contributed by atoms with Crippen molar-refractivity contribution in [3.63, 3.8) is 0 Å². The molecule has 0 aromatic heterocycles. The molecule has 0 heterocycles. The van der Waals surface area contributed by atoms with Crippen molar-refractivity contribution in [2.45, 2.75) is 25.2 Å². The zero-order chi connectivity index (χ0) is 43.7. The maximum atomic E-state index is 13.9. The van der Waals surface area contributed by atoms with E-state index in [9.17, 15) is 14.4 Å². The first-order valence-electron chi connectivity index (χ1n) is 20.1. The van der Waals surface area contributed by atoms with Gasteiger partial charge in [0.2, 0.25) is 0 Å². The predicted octanol–water partition coefficient (Wildman–Crippen LogP) is 13.3. The van der Waals surface area contributed by atoms with Gasteiger partial charge in [0, 0.05) is 38.3 Å². The Labute approximate surface area is 369 Å². The first-order valence-corrected chi connectivity index (χ1v) is 20.8. The quantitative estimate of drug-likeness (QED) is 0.0440. The van der Waals surface area contributed by atoms with E-state index in [1.165, 1.54) is 0 Å². The predicted molar refractivity (Wildman–Crippen MR) is 244 cm³/mol. The van der Waals surface area contributed by atoms with Crippen molar-refractivity contribution in [1.82, 2.24) is 0 Å². The zero-order valence-electron chi connectivity index (χ0n) is 34.3. The number of carbonyl (C=O) groups excluding carboxylic acids is 3. The van der Waals surface area contributed by atoms with Crippen molar-refractivity contribution in [1.29, 1.82) is 0 Å². The molecule has 0 amide bonds. The lowest BCUT2D eigenvalue weighted by Gasteiger charge is -2.13. The van der Waals surface area contributed by atoms with Crippen LogP contribution in [-0.2, 0) is 15.8 Å². The summed E-state index contributed by atoms with van der Waals surface area (Å²) in [6.07, 6.45) is 0.722. The molecule has 8 nitrogen and oxygen atoms in total. The molecule has 0 fully saturated rings. The molecule has 1 N–H and O–H groups in total. The summed E-state index contributed by atoms with van der Waals surface area (Å²) in [4.78, 5) is 41.1. The van der Waals surface area contributed by atoms with Gasteiger partial charge in [0.05, 0.1) is 12.0 Å². The van der Waals surface area contributed by atoms with E-state index < -0.39 is 0 Å². The van der Waals surface area contributed by atoms with E-state index in [0.29, 0.717) is 66.8 Å². The van der Waals surface area contributed by atoms with Crippen LogP contribution in [-0.4, -0.2) is 22.6 Å². The van der Waals surface area contributed by atoms with Crippen LogP contribution in [0.25, 0.3) is 11.1 Å². The van der Waals surface area contributed by atoms with Crippen LogP contribution in [0.15, 0.2) is 193 Å². The number of benzene rings is 8. The van der Waals surface area contributed by atoms with Gasteiger partial charge in [-0.2, -0.15) is 0 Å². The number of ether oxygens (including phenoxy) is 2. The minimum absolute atomic E-state index is 0.0129. The molecule has 0 aliphatic carbocycles. The SMILES string of the molecule is Cc1ccccc1C(=O)c1ccc(Oc2ccc(Cc3ccc(Oc4ccc(C(=O)c5ccccc5-c5ccc(C)c(C(=O)c6cccc(SOOO)c6)c5)cc4)cc3)cc2)cc1. The topological polar surface area (TPSA) is 108 Å². The zero-order valence-corrected chi connectivity index (χ0v) is 35.1. The van der Waals surface area contributed by atoms with Crippen molar-refractivity contribution in [3.8, 4) is 34.1 Å². The van der Waals surface area contributed by atoms with Crippen LogP contribution < -0.4 is 9.47 Å². The lowest BCUT2D eigenvalue weighted by atomic mass is 9.90. The van der Waals surface area contributed by atoms with Crippen LogP contribution in [0.2, 0.25) is 0 Å². The highest BCUT2D eigenvalue weighted by Gasteiger charge is 2.19. The van der Waals surface area contributed by atoms with Gasteiger partial charge < -0.3 is 9.47 Å². The van der Waals surface area contributed by atoms with Crippen LogP contribution in [0, 0.1) is 13.8 Å². The summed E-state index contributed by atoms with van der Waals surface area (Å²) in [5, 5.41) is 12.2. The summed E-state index contributed by atoms with van der Waals surface area (Å²) >= 11 is 0.779. The van der Waals surface area contributed by atoms with Crippen molar-refractivity contribution in [3.05, 3.63) is 244 Å². The highest BCUT2D eigenvalue weighted by atomic mass is 32.2. The smallest absolute Gasteiger partial charge is 0.193 e. The van der Waals surface area contributed by atoms with Gasteiger partial charge in [-0.25, -0.2) is 5.26 Å². The molecule has 0 atom stereocenters. The summed E-state index contributed by atoms with van der Waals surface area (Å²) in [7, 11) is 0. The molecule has 0 radical (unpaired) electrons. The van der Waals surface area contributed by atoms with E-state index in [2.05, 4.69) is 9.37 Å². The molecular weight excluding hydrogens is 809 g/mol. The second-order valence-corrected chi connectivity index (χ2v) is 15.6. The average Bonchev–Trinajstić information content (AvgIpc) is 3.32. The standard InChI is InChI=1S/C54H40O8S/c1-35-8-3-4-11-48(35)52(55)39-20-28-45(29-21-39)59-43-24-15-37(16-25-43)32-38-17-26-44(27-18-38)60-46-30-22-40(23-31-46)53(56)50-13-6-5-12-49(50)41-19-14-36(2)51(34-41)54(57)42-9-7-10-47(33-42)63-62-61-58/h3-31,33-34,58H,32H2,1-2H3. The number of rotatable bonds is 16. The van der Waals surface area contributed by atoms with E-state index in [-0.39, 0.29) is 17.3 Å². The van der Waals surface area contributed by atoms with E-state index in [1.807, 2.05) is 135 Å². The minimum Gasteiger partial charge on any atom is -0.457 e. The third-order valence-electron chi connectivity index (χ3n) is 10.6. The second-order valence-electron chi connectivity index (χ2n) is 14.8. The molecule has 0 bridgehead atoms. The van der Waals surface area contributed by atoms with Gasteiger partial charge in [0.1, 0.15) is 23.0 Å². The van der Waals surface area contributed by atoms with E-state index in [1.54, 1.807) is 66.7 Å². The first-order chi connectivity index (χ1) is 30.7. The fourth-order valence-corrected chi connectivity index (χ4v) is 7.63. The van der Waals surface area contributed by atoms with Gasteiger partial charge in [0.15, 0.2) is 17.3 Å². The molecule has 0 aliphatic rings. The number of hydrogen-bond acceptors (Lipinski definition) is 9. The molecule has 0 saturated carbocycles. The normalized spacial score (nSPS) is 10.9. The van der Waals surface area contributed by atoms with E-state index in [4.69, 9.17) is 14.7 Å². The van der Waals surface area contributed by atoms with Gasteiger partial charge >= 0.3 is 0 Å². The Hall–Kier alpha value is -7.40.